The van der Waals surface area contributed by atoms with Crippen molar-refractivity contribution >= 4 is 5.78 Å². The average molecular weight is 164 g/mol. The molecule has 0 radical (unpaired) electrons. The van der Waals surface area contributed by atoms with Gasteiger partial charge in [-0.2, -0.15) is 0 Å². The summed E-state index contributed by atoms with van der Waals surface area (Å²) in [6, 6.07) is 0. The van der Waals surface area contributed by atoms with Crippen LogP contribution >= 0.6 is 0 Å². The molecule has 5 nitrogen and oxygen atoms in total. The lowest BCUT2D eigenvalue weighted by atomic mass is 10.0. The topological polar surface area (TPSA) is 87.0 Å². The monoisotopic (exact) mass is 164 g/mol. The Labute approximate surface area is 64.7 Å². The van der Waals surface area contributed by atoms with Crippen molar-refractivity contribution in [1.29, 1.82) is 1.43 Å². The van der Waals surface area contributed by atoms with Gasteiger partial charge in [0.2, 0.25) is 13.5 Å². The summed E-state index contributed by atoms with van der Waals surface area (Å²) in [6.45, 7) is 1.48. The van der Waals surface area contributed by atoms with E-state index in [1.807, 2.05) is 0 Å². The molecular formula is C6H10O5. The molecule has 1 heterocycles. The highest BCUT2D eigenvalue weighted by molar-refractivity contribution is 5.87. The molecule has 1 fully saturated rings. The van der Waals surface area contributed by atoms with Crippen molar-refractivity contribution < 1.29 is 24.9 Å². The van der Waals surface area contributed by atoms with Crippen molar-refractivity contribution in [1.82, 2.24) is 0 Å². The van der Waals surface area contributed by atoms with Gasteiger partial charge in [-0.25, -0.2) is 0 Å². The second-order valence-electron chi connectivity index (χ2n) is 2.51. The van der Waals surface area contributed by atoms with Crippen LogP contribution in [0.1, 0.15) is 6.92 Å². The van der Waals surface area contributed by atoms with Crippen molar-refractivity contribution in [3.05, 3.63) is 0 Å². The van der Waals surface area contributed by atoms with Crippen LogP contribution in [0, 0.1) is 0 Å². The predicted octanol–water partition coefficient (Wildman–Crippen LogP) is -1.99. The van der Waals surface area contributed by atoms with Crippen LogP contribution in [0.2, 0.25) is 0 Å². The number of rotatable bonds is 1. The number of carbonyl (C=O) groups is 1. The molecule has 4 unspecified atom stereocenters. The summed E-state index contributed by atoms with van der Waals surface area (Å²) in [5.74, 6) is -0.824. The van der Waals surface area contributed by atoms with Gasteiger partial charge in [0.1, 0.15) is 12.2 Å². The van der Waals surface area contributed by atoms with Crippen molar-refractivity contribution in [3.63, 3.8) is 0 Å². The Morgan fingerprint density at radius 3 is 2.82 bits per heavy atom. The molecule has 5 heteroatoms. The molecule has 11 heavy (non-hydrogen) atoms. The van der Waals surface area contributed by atoms with Crippen LogP contribution in [-0.4, -0.2) is 47.1 Å². The fraction of sp³-hybridized carbons (Fsp3) is 0.833. The Hall–Kier alpha value is -0.490. The zero-order chi connectivity index (χ0) is 9.30. The number of aliphatic hydroxyl groups is 3. The second-order valence-corrected chi connectivity index (χ2v) is 2.51. The highest BCUT2D eigenvalue weighted by Gasteiger charge is 2.40. The van der Waals surface area contributed by atoms with Crippen molar-refractivity contribution in [3.8, 4) is 0 Å². The van der Waals surface area contributed by atoms with E-state index in [-0.39, 0.29) is 0 Å². The van der Waals surface area contributed by atoms with Crippen molar-refractivity contribution in [2.75, 3.05) is 0 Å². The average Bonchev–Trinajstić information content (AvgIpc) is 2.08. The van der Waals surface area contributed by atoms with Gasteiger partial charge < -0.3 is 20.1 Å². The Morgan fingerprint density at radius 1 is 1.64 bits per heavy atom. The molecule has 1 rings (SSSR count). The van der Waals surface area contributed by atoms with E-state index in [2.05, 4.69) is 5.11 Å². The molecule has 1 saturated heterocycles. The fourth-order valence-corrected chi connectivity index (χ4v) is 0.907. The van der Waals surface area contributed by atoms with Crippen LogP contribution in [0.4, 0.5) is 0 Å². The first kappa shape index (κ1) is 7.17. The summed E-state index contributed by atoms with van der Waals surface area (Å²) in [7, 11) is 0. The molecule has 1 aliphatic rings. The smallest absolute Gasteiger partial charge is 0.219 e. The van der Waals surface area contributed by atoms with Crippen LogP contribution in [-0.2, 0) is 9.53 Å². The summed E-state index contributed by atoms with van der Waals surface area (Å²) in [6.07, 6.45) is -4.88. The van der Waals surface area contributed by atoms with E-state index in [4.69, 9.17) is 16.4 Å². The third-order valence-electron chi connectivity index (χ3n) is 1.67. The van der Waals surface area contributed by atoms with E-state index in [0.29, 0.717) is 0 Å². The minimum atomic E-state index is -1.52. The fourth-order valence-electron chi connectivity index (χ4n) is 0.907. The van der Waals surface area contributed by atoms with Gasteiger partial charge in [0.05, 0.1) is 6.10 Å². The predicted molar refractivity (Wildman–Crippen MR) is 33.6 cm³/mol. The molecule has 0 amide bonds. The SMILES string of the molecule is [3H]OC1OC(C)C(O)C(O)C1=O. The van der Waals surface area contributed by atoms with E-state index in [1.165, 1.54) is 6.92 Å². The van der Waals surface area contributed by atoms with Crippen molar-refractivity contribution in [2.45, 2.75) is 31.5 Å². The largest absolute Gasteiger partial charge is 0.387 e. The first-order valence-corrected chi connectivity index (χ1v) is 3.25. The molecule has 0 spiro atoms. The lowest BCUT2D eigenvalue weighted by molar-refractivity contribution is -0.217. The van der Waals surface area contributed by atoms with Gasteiger partial charge >= 0.3 is 0 Å². The third-order valence-corrected chi connectivity index (χ3v) is 1.67. The molecular weight excluding hydrogens is 152 g/mol. The molecule has 0 aromatic carbocycles. The molecule has 0 saturated carbocycles. The van der Waals surface area contributed by atoms with Crippen LogP contribution in [0.3, 0.4) is 0 Å². The molecule has 1 aliphatic heterocycles. The van der Waals surface area contributed by atoms with E-state index < -0.39 is 30.4 Å². The standard InChI is InChI=1S/C6H10O5/c1-2-3(7)4(8)5(9)6(10)11-2/h2-4,6-8,10H,1H3/i10T. The molecule has 4 atom stereocenters. The highest BCUT2D eigenvalue weighted by atomic mass is 16.6. The maximum Gasteiger partial charge on any atom is 0.219 e. The number of aliphatic hydroxyl groups excluding tert-OH is 3. The first-order chi connectivity index (χ1) is 5.57. The van der Waals surface area contributed by atoms with Gasteiger partial charge in [0, 0.05) is 0 Å². The summed E-state index contributed by atoms with van der Waals surface area (Å²) in [5, 5.41) is 22.1. The zero-order valence-corrected chi connectivity index (χ0v) is 5.93. The molecule has 3 N–H and O–H groups in total. The van der Waals surface area contributed by atoms with E-state index in [0.717, 1.165) is 0 Å². The minimum Gasteiger partial charge on any atom is -0.387 e. The first-order valence-electron chi connectivity index (χ1n) is 3.66. The number of carbonyl (C=O) groups excluding carboxylic acids is 1. The van der Waals surface area contributed by atoms with E-state index >= 15 is 0 Å². The molecule has 64 valence electrons. The number of ketones is 1. The number of Topliss-reactive ketones (excluding diaryl/α,β-unsaturated/α-hetero) is 1. The molecule has 0 aromatic rings. The van der Waals surface area contributed by atoms with Crippen molar-refractivity contribution in [2.24, 2.45) is 0 Å². The molecule has 0 bridgehead atoms. The Bertz CT molecular complexity index is 181. The van der Waals surface area contributed by atoms with E-state index in [1.54, 1.807) is 0 Å². The zero-order valence-electron chi connectivity index (χ0n) is 6.93. The van der Waals surface area contributed by atoms with Gasteiger partial charge in [0.15, 0.2) is 0 Å². The van der Waals surface area contributed by atoms with Crippen LogP contribution in [0.25, 0.3) is 0 Å². The summed E-state index contributed by atoms with van der Waals surface area (Å²) in [5.41, 5.74) is 0. The van der Waals surface area contributed by atoms with Gasteiger partial charge in [-0.05, 0) is 6.92 Å². The lowest BCUT2D eigenvalue weighted by Gasteiger charge is -2.31. The van der Waals surface area contributed by atoms with Gasteiger partial charge in [-0.1, -0.05) is 0 Å². The quantitative estimate of drug-likeness (QED) is 0.418. The van der Waals surface area contributed by atoms with Crippen LogP contribution < -0.4 is 0 Å². The highest BCUT2D eigenvalue weighted by Crippen LogP contribution is 2.15. The second kappa shape index (κ2) is 2.86. The normalized spacial score (nSPS) is 47.2. The third kappa shape index (κ3) is 1.41. The number of hydrogen-bond donors (Lipinski definition) is 3. The number of hydrogen-bond acceptors (Lipinski definition) is 5. The van der Waals surface area contributed by atoms with Gasteiger partial charge in [-0.15, -0.1) is 0 Å². The maximum atomic E-state index is 10.9. The maximum absolute atomic E-state index is 10.9. The Balaban J connectivity index is 2.70. The summed E-state index contributed by atoms with van der Waals surface area (Å²) >= 11 is 0. The Morgan fingerprint density at radius 2 is 2.27 bits per heavy atom. The van der Waals surface area contributed by atoms with Gasteiger partial charge in [-0.3, -0.25) is 4.79 Å². The summed E-state index contributed by atoms with van der Waals surface area (Å²) in [4.78, 5) is 10.9. The minimum absolute atomic E-state index is 0.715. The lowest BCUT2D eigenvalue weighted by Crippen LogP contribution is -2.53. The molecule has 0 aliphatic carbocycles. The van der Waals surface area contributed by atoms with Gasteiger partial charge in [0.25, 0.3) is 0 Å². The van der Waals surface area contributed by atoms with Crippen LogP contribution in [0.15, 0.2) is 0 Å². The number of ether oxygens (including phenoxy) is 1. The van der Waals surface area contributed by atoms with E-state index in [9.17, 15) is 4.79 Å². The van der Waals surface area contributed by atoms with Crippen LogP contribution in [0.5, 0.6) is 0 Å². The molecule has 0 aromatic heterocycles. The Kier molecular flexibility index (Phi) is 1.87. The summed E-state index contributed by atoms with van der Waals surface area (Å²) < 4.78 is 11.2.